The number of rotatable bonds is 3. The van der Waals surface area contributed by atoms with Crippen LogP contribution in [0.3, 0.4) is 0 Å². The van der Waals surface area contributed by atoms with Gasteiger partial charge < -0.3 is 18.9 Å². The standard InChI is InChI=1S/C26H34N2O4/c1-5-27-13-9-20(17-23(27)29)19-6-7-22-21(16-19)8-10-26(32-22)11-14-28(15-12-26)24(30)31-18-25(2,3)4/h6-7,9,13,16-17H,5,8,10-12,14-15,18H2,1-4H3. The lowest BCUT2D eigenvalue weighted by Gasteiger charge is -2.44. The highest BCUT2D eigenvalue weighted by Gasteiger charge is 2.41. The fourth-order valence-corrected chi connectivity index (χ4v) is 4.47. The second kappa shape index (κ2) is 8.64. The van der Waals surface area contributed by atoms with Crippen LogP contribution in [0.1, 0.15) is 52.5 Å². The van der Waals surface area contributed by atoms with E-state index in [0.717, 1.165) is 42.6 Å². The van der Waals surface area contributed by atoms with Crippen LogP contribution in [0.5, 0.6) is 5.75 Å². The zero-order chi connectivity index (χ0) is 22.9. The monoisotopic (exact) mass is 438 g/mol. The third-order valence-electron chi connectivity index (χ3n) is 6.47. The van der Waals surface area contributed by atoms with E-state index < -0.39 is 0 Å². The van der Waals surface area contributed by atoms with Gasteiger partial charge in [0.1, 0.15) is 11.4 Å². The van der Waals surface area contributed by atoms with Gasteiger partial charge in [0.25, 0.3) is 5.56 Å². The Bertz CT molecular complexity index is 1040. The quantitative estimate of drug-likeness (QED) is 0.685. The molecule has 6 heteroatoms. The van der Waals surface area contributed by atoms with Crippen LogP contribution in [0, 0.1) is 5.41 Å². The lowest BCUT2D eigenvalue weighted by Crippen LogP contribution is -2.51. The van der Waals surface area contributed by atoms with Crippen molar-refractivity contribution in [2.24, 2.45) is 5.41 Å². The van der Waals surface area contributed by atoms with E-state index in [-0.39, 0.29) is 22.7 Å². The van der Waals surface area contributed by atoms with E-state index in [1.54, 1.807) is 15.5 Å². The number of fused-ring (bicyclic) bond motifs is 1. The third kappa shape index (κ3) is 4.84. The van der Waals surface area contributed by atoms with E-state index in [0.29, 0.717) is 26.2 Å². The van der Waals surface area contributed by atoms with Crippen molar-refractivity contribution in [2.75, 3.05) is 19.7 Å². The second-order valence-electron chi connectivity index (χ2n) is 10.2. The van der Waals surface area contributed by atoms with Gasteiger partial charge in [-0.3, -0.25) is 4.79 Å². The molecular formula is C26H34N2O4. The molecule has 172 valence electrons. The first-order valence-corrected chi connectivity index (χ1v) is 11.6. The molecule has 1 spiro atoms. The van der Waals surface area contributed by atoms with E-state index in [1.807, 2.05) is 31.3 Å². The largest absolute Gasteiger partial charge is 0.487 e. The van der Waals surface area contributed by atoms with Crippen molar-refractivity contribution < 1.29 is 14.3 Å². The Balaban J connectivity index is 1.41. The minimum absolute atomic E-state index is 0.0192. The summed E-state index contributed by atoms with van der Waals surface area (Å²) in [5.74, 6) is 0.922. The van der Waals surface area contributed by atoms with Crippen molar-refractivity contribution in [3.63, 3.8) is 0 Å². The number of hydrogen-bond acceptors (Lipinski definition) is 4. The normalized spacial score (nSPS) is 17.6. The first-order chi connectivity index (χ1) is 15.2. The second-order valence-corrected chi connectivity index (χ2v) is 10.2. The minimum atomic E-state index is -0.222. The Kier molecular flexibility index (Phi) is 6.06. The minimum Gasteiger partial charge on any atom is -0.487 e. The summed E-state index contributed by atoms with van der Waals surface area (Å²) >= 11 is 0. The zero-order valence-corrected chi connectivity index (χ0v) is 19.6. The number of nitrogens with zero attached hydrogens (tertiary/aromatic N) is 2. The van der Waals surface area contributed by atoms with Crippen LogP contribution in [0.25, 0.3) is 11.1 Å². The molecule has 0 N–H and O–H groups in total. The number of aromatic nitrogens is 1. The molecule has 4 rings (SSSR count). The van der Waals surface area contributed by atoms with Gasteiger partial charge in [0, 0.05) is 44.7 Å². The topological polar surface area (TPSA) is 60.8 Å². The van der Waals surface area contributed by atoms with E-state index in [9.17, 15) is 9.59 Å². The first kappa shape index (κ1) is 22.4. The smallest absolute Gasteiger partial charge is 0.409 e. The molecule has 3 heterocycles. The fourth-order valence-electron chi connectivity index (χ4n) is 4.47. The maximum atomic E-state index is 12.4. The van der Waals surface area contributed by atoms with Gasteiger partial charge in [-0.2, -0.15) is 0 Å². The molecule has 0 bridgehead atoms. The van der Waals surface area contributed by atoms with Gasteiger partial charge in [-0.25, -0.2) is 4.79 Å². The van der Waals surface area contributed by atoms with Crippen molar-refractivity contribution in [1.29, 1.82) is 0 Å². The van der Waals surface area contributed by atoms with Crippen LogP contribution in [0.2, 0.25) is 0 Å². The molecular weight excluding hydrogens is 404 g/mol. The van der Waals surface area contributed by atoms with Crippen molar-refractivity contribution in [1.82, 2.24) is 9.47 Å². The van der Waals surface area contributed by atoms with Gasteiger partial charge in [0.15, 0.2) is 0 Å². The molecule has 0 aliphatic carbocycles. The van der Waals surface area contributed by atoms with Crippen molar-refractivity contribution in [3.05, 3.63) is 52.4 Å². The molecule has 1 amide bonds. The highest BCUT2D eigenvalue weighted by atomic mass is 16.6. The molecule has 0 unspecified atom stereocenters. The summed E-state index contributed by atoms with van der Waals surface area (Å²) < 4.78 is 13.7. The Morgan fingerprint density at radius 3 is 2.47 bits per heavy atom. The number of likely N-dealkylation sites (tertiary alicyclic amines) is 1. The van der Waals surface area contributed by atoms with Gasteiger partial charge in [0.05, 0.1) is 6.61 Å². The molecule has 6 nitrogen and oxygen atoms in total. The van der Waals surface area contributed by atoms with E-state index in [2.05, 4.69) is 26.8 Å². The summed E-state index contributed by atoms with van der Waals surface area (Å²) in [5.41, 5.74) is 2.93. The van der Waals surface area contributed by atoms with Crippen molar-refractivity contribution in [2.45, 2.75) is 65.5 Å². The summed E-state index contributed by atoms with van der Waals surface area (Å²) in [5, 5.41) is 0. The van der Waals surface area contributed by atoms with Gasteiger partial charge in [-0.1, -0.05) is 26.8 Å². The van der Waals surface area contributed by atoms with E-state index in [1.165, 1.54) is 5.56 Å². The molecule has 2 aliphatic rings. The van der Waals surface area contributed by atoms with Crippen molar-refractivity contribution in [3.8, 4) is 16.9 Å². The van der Waals surface area contributed by atoms with Crippen LogP contribution in [0.15, 0.2) is 41.3 Å². The van der Waals surface area contributed by atoms with Gasteiger partial charge in [0.2, 0.25) is 0 Å². The van der Waals surface area contributed by atoms with Crippen molar-refractivity contribution >= 4 is 6.09 Å². The molecule has 0 atom stereocenters. The number of carbonyl (C=O) groups excluding carboxylic acids is 1. The molecule has 1 aromatic heterocycles. The SMILES string of the molecule is CCn1ccc(-c2ccc3c(c2)CCC2(CCN(C(=O)OCC(C)(C)C)CC2)O3)cc1=O. The number of benzene rings is 1. The van der Waals surface area contributed by atoms with Crippen LogP contribution >= 0.6 is 0 Å². The van der Waals surface area contributed by atoms with Crippen LogP contribution in [-0.4, -0.2) is 40.9 Å². The molecule has 1 saturated heterocycles. The predicted octanol–water partition coefficient (Wildman–Crippen LogP) is 4.88. The Hall–Kier alpha value is -2.76. The lowest BCUT2D eigenvalue weighted by atomic mass is 9.82. The van der Waals surface area contributed by atoms with Gasteiger partial charge >= 0.3 is 6.09 Å². The number of pyridine rings is 1. The summed E-state index contributed by atoms with van der Waals surface area (Å²) in [6.07, 6.45) is 5.13. The Morgan fingerprint density at radius 1 is 1.09 bits per heavy atom. The van der Waals surface area contributed by atoms with Gasteiger partial charge in [-0.15, -0.1) is 0 Å². The van der Waals surface area contributed by atoms with E-state index in [4.69, 9.17) is 9.47 Å². The summed E-state index contributed by atoms with van der Waals surface area (Å²) in [4.78, 5) is 26.4. The summed E-state index contributed by atoms with van der Waals surface area (Å²) in [7, 11) is 0. The summed E-state index contributed by atoms with van der Waals surface area (Å²) in [6, 6.07) is 9.90. The number of ether oxygens (including phenoxy) is 2. The number of carbonyl (C=O) groups is 1. The number of hydrogen-bond donors (Lipinski definition) is 0. The van der Waals surface area contributed by atoms with Crippen LogP contribution in [0.4, 0.5) is 4.79 Å². The molecule has 2 aliphatic heterocycles. The molecule has 1 fully saturated rings. The summed E-state index contributed by atoms with van der Waals surface area (Å²) in [6.45, 7) is 10.5. The molecule has 1 aromatic carbocycles. The molecule has 0 saturated carbocycles. The Labute approximate surface area is 190 Å². The molecule has 0 radical (unpaired) electrons. The molecule has 2 aromatic rings. The first-order valence-electron chi connectivity index (χ1n) is 11.6. The number of aryl methyl sites for hydroxylation is 2. The average molecular weight is 439 g/mol. The fraction of sp³-hybridized carbons (Fsp3) is 0.538. The predicted molar refractivity (Wildman–Crippen MR) is 125 cm³/mol. The van der Waals surface area contributed by atoms with Crippen LogP contribution < -0.4 is 10.3 Å². The van der Waals surface area contributed by atoms with E-state index >= 15 is 0 Å². The average Bonchev–Trinajstić information content (AvgIpc) is 2.77. The highest BCUT2D eigenvalue weighted by molar-refractivity contribution is 5.68. The maximum absolute atomic E-state index is 12.4. The maximum Gasteiger partial charge on any atom is 0.409 e. The Morgan fingerprint density at radius 2 is 1.81 bits per heavy atom. The number of piperidine rings is 1. The lowest BCUT2D eigenvalue weighted by molar-refractivity contribution is -0.0171. The highest BCUT2D eigenvalue weighted by Crippen LogP contribution is 2.40. The third-order valence-corrected chi connectivity index (χ3v) is 6.47. The zero-order valence-electron chi connectivity index (χ0n) is 19.6. The van der Waals surface area contributed by atoms with Gasteiger partial charge in [-0.05, 0) is 60.1 Å². The molecule has 32 heavy (non-hydrogen) atoms. The number of amides is 1. The van der Waals surface area contributed by atoms with Crippen LogP contribution in [-0.2, 0) is 17.7 Å².